The van der Waals surface area contributed by atoms with Crippen molar-refractivity contribution in [3.8, 4) is 5.75 Å². The Labute approximate surface area is 125 Å². The summed E-state index contributed by atoms with van der Waals surface area (Å²) in [4.78, 5) is 15.9. The number of nitrogens with zero attached hydrogens (tertiary/aromatic N) is 1. The van der Waals surface area contributed by atoms with Crippen molar-refractivity contribution in [2.24, 2.45) is 0 Å². The van der Waals surface area contributed by atoms with Crippen LogP contribution in [0.15, 0.2) is 29.0 Å². The van der Waals surface area contributed by atoms with Gasteiger partial charge in [-0.3, -0.25) is 4.79 Å². The minimum absolute atomic E-state index is 0.222. The monoisotopic (exact) mass is 338 g/mol. The predicted molar refractivity (Wildman–Crippen MR) is 79.4 cm³/mol. The second-order valence-corrected chi connectivity index (χ2v) is 4.67. The number of rotatable bonds is 5. The lowest BCUT2D eigenvalue weighted by Crippen LogP contribution is -2.12. The van der Waals surface area contributed by atoms with Gasteiger partial charge < -0.3 is 14.5 Å². The number of aromatic nitrogens is 1. The Morgan fingerprint density at radius 3 is 2.90 bits per heavy atom. The van der Waals surface area contributed by atoms with E-state index in [0.29, 0.717) is 23.3 Å². The summed E-state index contributed by atoms with van der Waals surface area (Å²) in [5, 5.41) is 3.43. The van der Waals surface area contributed by atoms with E-state index in [9.17, 15) is 4.79 Å². The van der Waals surface area contributed by atoms with Gasteiger partial charge in [-0.05, 0) is 32.0 Å². The number of amides is 1. The van der Waals surface area contributed by atoms with E-state index < -0.39 is 0 Å². The predicted octanol–water partition coefficient (Wildman–Crippen LogP) is 3.53. The fraction of sp³-hybridized carbons (Fsp3) is 0.286. The Morgan fingerprint density at radius 1 is 1.50 bits per heavy atom. The number of hydrogen-bond donors (Lipinski definition) is 1. The molecule has 1 heterocycles. The van der Waals surface area contributed by atoms with Gasteiger partial charge in [0.25, 0.3) is 5.91 Å². The van der Waals surface area contributed by atoms with Crippen molar-refractivity contribution in [1.29, 1.82) is 0 Å². The topological polar surface area (TPSA) is 64.4 Å². The third-order valence-corrected chi connectivity index (χ3v) is 3.32. The van der Waals surface area contributed by atoms with Gasteiger partial charge in [0.15, 0.2) is 6.39 Å². The maximum absolute atomic E-state index is 12.0. The van der Waals surface area contributed by atoms with Crippen LogP contribution in [0.5, 0.6) is 5.75 Å². The fourth-order valence-electron chi connectivity index (χ4n) is 1.77. The first-order valence-electron chi connectivity index (χ1n) is 6.18. The smallest absolute Gasteiger partial charge is 0.293 e. The summed E-state index contributed by atoms with van der Waals surface area (Å²) in [7, 11) is 0. The van der Waals surface area contributed by atoms with Crippen LogP contribution in [0.3, 0.4) is 0 Å². The number of aryl methyl sites for hydroxylation is 1. The minimum atomic E-state index is -0.315. The van der Waals surface area contributed by atoms with Crippen LogP contribution in [-0.2, 0) is 5.33 Å². The summed E-state index contributed by atoms with van der Waals surface area (Å²) in [6.07, 6.45) is 1.26. The number of halogens is 1. The van der Waals surface area contributed by atoms with Crippen molar-refractivity contribution in [2.75, 3.05) is 11.9 Å². The van der Waals surface area contributed by atoms with E-state index in [4.69, 9.17) is 9.15 Å². The summed E-state index contributed by atoms with van der Waals surface area (Å²) in [5.41, 5.74) is 2.22. The molecule has 1 aromatic carbocycles. The third kappa shape index (κ3) is 3.19. The van der Waals surface area contributed by atoms with Crippen LogP contribution >= 0.6 is 15.9 Å². The Hall–Kier alpha value is -1.82. The molecule has 0 spiro atoms. The van der Waals surface area contributed by atoms with Crippen molar-refractivity contribution >= 4 is 27.5 Å². The maximum Gasteiger partial charge on any atom is 0.293 e. The lowest BCUT2D eigenvalue weighted by molar-refractivity contribution is 0.0996. The van der Waals surface area contributed by atoms with Crippen LogP contribution < -0.4 is 10.1 Å². The van der Waals surface area contributed by atoms with Crippen molar-refractivity contribution in [3.63, 3.8) is 0 Å². The van der Waals surface area contributed by atoms with Gasteiger partial charge in [-0.1, -0.05) is 15.9 Å². The Morgan fingerprint density at radius 2 is 2.30 bits per heavy atom. The second kappa shape index (κ2) is 6.56. The van der Waals surface area contributed by atoms with Crippen LogP contribution in [0.2, 0.25) is 0 Å². The molecule has 106 valence electrons. The average molecular weight is 339 g/mol. The van der Waals surface area contributed by atoms with E-state index >= 15 is 0 Å². The molecular formula is C14H15BrN2O3. The largest absolute Gasteiger partial charge is 0.494 e. The highest BCUT2D eigenvalue weighted by Crippen LogP contribution is 2.25. The Bertz CT molecular complexity index is 610. The van der Waals surface area contributed by atoms with Crippen molar-refractivity contribution in [2.45, 2.75) is 19.2 Å². The van der Waals surface area contributed by atoms with Crippen LogP contribution in [0, 0.1) is 6.92 Å². The molecule has 0 aliphatic carbocycles. The maximum atomic E-state index is 12.0. The van der Waals surface area contributed by atoms with Crippen LogP contribution in [0.25, 0.3) is 0 Å². The minimum Gasteiger partial charge on any atom is -0.494 e. The van der Waals surface area contributed by atoms with Crippen molar-refractivity contribution < 1.29 is 13.9 Å². The van der Waals surface area contributed by atoms with Crippen LogP contribution in [-0.4, -0.2) is 17.5 Å². The molecule has 0 unspecified atom stereocenters. The highest BCUT2D eigenvalue weighted by Gasteiger charge is 2.14. The first kappa shape index (κ1) is 14.6. The van der Waals surface area contributed by atoms with Crippen molar-refractivity contribution in [3.05, 3.63) is 41.6 Å². The van der Waals surface area contributed by atoms with Gasteiger partial charge in [0, 0.05) is 16.6 Å². The van der Waals surface area contributed by atoms with Gasteiger partial charge in [-0.15, -0.1) is 0 Å². The number of anilines is 1. The first-order chi connectivity index (χ1) is 9.65. The molecule has 2 rings (SSSR count). The number of carbonyl (C=O) groups excluding carboxylic acids is 1. The molecule has 0 radical (unpaired) electrons. The molecule has 6 heteroatoms. The zero-order valence-electron chi connectivity index (χ0n) is 11.3. The zero-order valence-corrected chi connectivity index (χ0v) is 12.9. The molecule has 1 aromatic heterocycles. The van der Waals surface area contributed by atoms with E-state index in [1.54, 1.807) is 13.0 Å². The number of nitrogens with one attached hydrogen (secondary N) is 1. The van der Waals surface area contributed by atoms with Crippen LogP contribution in [0.1, 0.15) is 28.7 Å². The van der Waals surface area contributed by atoms with E-state index in [1.807, 2.05) is 19.1 Å². The summed E-state index contributed by atoms with van der Waals surface area (Å²) < 4.78 is 10.6. The molecule has 0 saturated heterocycles. The second-order valence-electron chi connectivity index (χ2n) is 4.11. The highest BCUT2D eigenvalue weighted by atomic mass is 79.9. The molecule has 1 amide bonds. The number of hydrogen-bond acceptors (Lipinski definition) is 4. The SMILES string of the molecule is CCOc1ccc(NC(=O)c2ocnc2C)cc1CBr. The van der Waals surface area contributed by atoms with Gasteiger partial charge in [0.2, 0.25) is 5.76 Å². The molecule has 2 aromatic rings. The van der Waals surface area contributed by atoms with E-state index in [1.165, 1.54) is 6.39 Å². The highest BCUT2D eigenvalue weighted by molar-refractivity contribution is 9.08. The molecule has 1 N–H and O–H groups in total. The normalized spacial score (nSPS) is 10.3. The number of carbonyl (C=O) groups is 1. The summed E-state index contributed by atoms with van der Waals surface area (Å²) >= 11 is 3.41. The lowest BCUT2D eigenvalue weighted by atomic mass is 10.2. The molecular weight excluding hydrogens is 324 g/mol. The Balaban J connectivity index is 2.18. The number of alkyl halides is 1. The Kier molecular flexibility index (Phi) is 4.79. The molecule has 0 atom stereocenters. The number of ether oxygens (including phenoxy) is 1. The molecule has 0 aliphatic heterocycles. The van der Waals surface area contributed by atoms with E-state index in [-0.39, 0.29) is 11.7 Å². The zero-order chi connectivity index (χ0) is 14.5. The molecule has 0 saturated carbocycles. The number of oxazole rings is 1. The molecule has 0 fully saturated rings. The quantitative estimate of drug-likeness (QED) is 0.847. The fourth-order valence-corrected chi connectivity index (χ4v) is 2.20. The van der Waals surface area contributed by atoms with Crippen LogP contribution in [0.4, 0.5) is 5.69 Å². The molecule has 20 heavy (non-hydrogen) atoms. The molecule has 0 aliphatic rings. The van der Waals surface area contributed by atoms with Gasteiger partial charge in [0.1, 0.15) is 5.75 Å². The standard InChI is InChI=1S/C14H15BrN2O3/c1-3-19-12-5-4-11(6-10(12)7-15)17-14(18)13-9(2)16-8-20-13/h4-6,8H,3,7H2,1-2H3,(H,17,18). The van der Waals surface area contributed by atoms with E-state index in [2.05, 4.69) is 26.2 Å². The average Bonchev–Trinajstić information content (AvgIpc) is 2.87. The van der Waals surface area contributed by atoms with Gasteiger partial charge in [0.05, 0.1) is 12.3 Å². The molecule has 5 nitrogen and oxygen atoms in total. The third-order valence-electron chi connectivity index (χ3n) is 2.71. The van der Waals surface area contributed by atoms with E-state index in [0.717, 1.165) is 11.3 Å². The number of benzene rings is 1. The summed E-state index contributed by atoms with van der Waals surface area (Å²) in [6.45, 7) is 4.25. The molecule has 0 bridgehead atoms. The van der Waals surface area contributed by atoms with Gasteiger partial charge in [-0.2, -0.15) is 0 Å². The van der Waals surface area contributed by atoms with Crippen molar-refractivity contribution in [1.82, 2.24) is 4.98 Å². The summed E-state index contributed by atoms with van der Waals surface area (Å²) in [5.74, 6) is 0.710. The lowest BCUT2D eigenvalue weighted by Gasteiger charge is -2.11. The van der Waals surface area contributed by atoms with Gasteiger partial charge >= 0.3 is 0 Å². The summed E-state index contributed by atoms with van der Waals surface area (Å²) in [6, 6.07) is 5.49. The van der Waals surface area contributed by atoms with Gasteiger partial charge in [-0.25, -0.2) is 4.98 Å². The first-order valence-corrected chi connectivity index (χ1v) is 7.31.